The Morgan fingerprint density at radius 1 is 1.07 bits per heavy atom. The highest BCUT2D eigenvalue weighted by Crippen LogP contribution is 2.35. The number of hydrogen-bond donors (Lipinski definition) is 1. The van der Waals surface area contributed by atoms with Crippen LogP contribution in [0.5, 0.6) is 0 Å². The molecule has 0 aliphatic heterocycles. The number of aromatic nitrogens is 2. The maximum Gasteiger partial charge on any atom is 0.328 e. The van der Waals surface area contributed by atoms with Crippen LogP contribution in [0.15, 0.2) is 21.9 Å². The molecule has 1 rings (SSSR count). The maximum atomic E-state index is 12.4. The van der Waals surface area contributed by atoms with Crippen molar-refractivity contribution in [3.05, 3.63) is 33.1 Å². The molecule has 0 fully saturated rings. The molecular weight excluding hydrogens is 364 g/mol. The van der Waals surface area contributed by atoms with Crippen molar-refractivity contribution in [2.75, 3.05) is 33.0 Å². The van der Waals surface area contributed by atoms with Crippen LogP contribution in [0.3, 0.4) is 0 Å². The van der Waals surface area contributed by atoms with Gasteiger partial charge in [0.05, 0.1) is 38.4 Å². The second-order valence-electron chi connectivity index (χ2n) is 7.80. The molecule has 0 aliphatic carbocycles. The number of nitrogens with zero attached hydrogens (tertiary/aromatic N) is 1. The Morgan fingerprint density at radius 2 is 1.68 bits per heavy atom. The smallest absolute Gasteiger partial charge is 0.328 e. The first-order valence-corrected chi connectivity index (χ1v) is 9.79. The van der Waals surface area contributed by atoms with Crippen molar-refractivity contribution in [3.8, 4) is 0 Å². The Bertz CT molecular complexity index is 681. The second kappa shape index (κ2) is 11.8. The van der Waals surface area contributed by atoms with E-state index in [1.54, 1.807) is 0 Å². The van der Waals surface area contributed by atoms with Gasteiger partial charge >= 0.3 is 11.7 Å². The molecule has 0 spiro atoms. The second-order valence-corrected chi connectivity index (χ2v) is 7.80. The first-order chi connectivity index (χ1) is 13.2. The minimum absolute atomic E-state index is 0.177. The van der Waals surface area contributed by atoms with E-state index in [4.69, 9.17) is 14.2 Å². The molecule has 0 amide bonds. The zero-order valence-corrected chi connectivity index (χ0v) is 17.7. The SMILES string of the molecule is CC(C)CC(C)(C(=O)OCCOCCOCCn1c(=O)cc[nH]c1=O)C(C)C. The molecule has 1 aromatic rings. The summed E-state index contributed by atoms with van der Waals surface area (Å²) in [5.41, 5.74) is -1.32. The van der Waals surface area contributed by atoms with Crippen molar-refractivity contribution in [2.24, 2.45) is 17.3 Å². The predicted molar refractivity (Wildman–Crippen MR) is 106 cm³/mol. The summed E-state index contributed by atoms with van der Waals surface area (Å²) < 4.78 is 17.2. The van der Waals surface area contributed by atoms with E-state index in [0.717, 1.165) is 11.0 Å². The van der Waals surface area contributed by atoms with Gasteiger partial charge in [-0.15, -0.1) is 0 Å². The van der Waals surface area contributed by atoms with Crippen LogP contribution < -0.4 is 11.2 Å². The molecule has 0 saturated carbocycles. The van der Waals surface area contributed by atoms with E-state index in [1.165, 1.54) is 12.3 Å². The van der Waals surface area contributed by atoms with E-state index in [2.05, 4.69) is 18.8 Å². The molecule has 0 bridgehead atoms. The first kappa shape index (κ1) is 24.1. The summed E-state index contributed by atoms with van der Waals surface area (Å²) in [6.45, 7) is 11.8. The molecule has 0 saturated heterocycles. The molecule has 8 heteroatoms. The number of carbonyl (C=O) groups is 1. The van der Waals surface area contributed by atoms with E-state index >= 15 is 0 Å². The van der Waals surface area contributed by atoms with Gasteiger partial charge in [0.15, 0.2) is 0 Å². The summed E-state index contributed by atoms with van der Waals surface area (Å²) in [5, 5.41) is 0. The molecule has 0 radical (unpaired) electrons. The van der Waals surface area contributed by atoms with Crippen LogP contribution in [0.4, 0.5) is 0 Å². The van der Waals surface area contributed by atoms with Gasteiger partial charge in [0, 0.05) is 12.3 Å². The molecule has 0 aliphatic rings. The van der Waals surface area contributed by atoms with Gasteiger partial charge in [0.25, 0.3) is 5.56 Å². The largest absolute Gasteiger partial charge is 0.463 e. The molecule has 8 nitrogen and oxygen atoms in total. The lowest BCUT2D eigenvalue weighted by atomic mass is 9.73. The van der Waals surface area contributed by atoms with Crippen molar-refractivity contribution < 1.29 is 19.0 Å². The summed E-state index contributed by atoms with van der Waals surface area (Å²) in [5.74, 6) is 0.423. The highest BCUT2D eigenvalue weighted by Gasteiger charge is 2.38. The molecule has 1 aromatic heterocycles. The minimum atomic E-state index is -0.495. The van der Waals surface area contributed by atoms with Crippen LogP contribution in [0.1, 0.15) is 41.0 Å². The molecule has 0 aromatic carbocycles. The van der Waals surface area contributed by atoms with Crippen LogP contribution >= 0.6 is 0 Å². The topological polar surface area (TPSA) is 99.6 Å². The third kappa shape index (κ3) is 7.59. The van der Waals surface area contributed by atoms with E-state index < -0.39 is 11.1 Å². The zero-order chi connectivity index (χ0) is 21.2. The lowest BCUT2D eigenvalue weighted by Crippen LogP contribution is -2.37. The van der Waals surface area contributed by atoms with E-state index in [0.29, 0.717) is 25.7 Å². The number of esters is 1. The number of ether oxygens (including phenoxy) is 3. The van der Waals surface area contributed by atoms with Crippen molar-refractivity contribution in [1.82, 2.24) is 9.55 Å². The normalized spacial score (nSPS) is 13.7. The summed E-state index contributed by atoms with van der Waals surface area (Å²) in [7, 11) is 0. The Labute approximate surface area is 166 Å². The van der Waals surface area contributed by atoms with Crippen molar-refractivity contribution in [2.45, 2.75) is 47.6 Å². The van der Waals surface area contributed by atoms with Gasteiger partial charge in [-0.25, -0.2) is 4.79 Å². The molecule has 1 heterocycles. The van der Waals surface area contributed by atoms with Crippen molar-refractivity contribution in [3.63, 3.8) is 0 Å². The van der Waals surface area contributed by atoms with Gasteiger partial charge in [-0.1, -0.05) is 27.7 Å². The van der Waals surface area contributed by atoms with E-state index in [1.807, 2.05) is 20.8 Å². The third-order valence-corrected chi connectivity index (χ3v) is 4.81. The van der Waals surface area contributed by atoms with Gasteiger partial charge in [0.1, 0.15) is 6.61 Å². The van der Waals surface area contributed by atoms with Gasteiger partial charge in [-0.2, -0.15) is 0 Å². The fourth-order valence-corrected chi connectivity index (χ4v) is 2.90. The molecule has 1 N–H and O–H groups in total. The number of H-pyrrole nitrogens is 1. The molecular formula is C20H34N2O6. The number of rotatable bonds is 13. The summed E-state index contributed by atoms with van der Waals surface area (Å²) >= 11 is 0. The van der Waals surface area contributed by atoms with Crippen LogP contribution in [0.25, 0.3) is 0 Å². The van der Waals surface area contributed by atoms with E-state index in [9.17, 15) is 14.4 Å². The van der Waals surface area contributed by atoms with Gasteiger partial charge in [0.2, 0.25) is 0 Å². The van der Waals surface area contributed by atoms with Gasteiger partial charge in [-0.3, -0.25) is 14.2 Å². The first-order valence-electron chi connectivity index (χ1n) is 9.79. The predicted octanol–water partition coefficient (Wildman–Crippen LogP) is 1.82. The average Bonchev–Trinajstić information content (AvgIpc) is 2.61. The Kier molecular flexibility index (Phi) is 10.2. The lowest BCUT2D eigenvalue weighted by molar-refractivity contribution is -0.160. The van der Waals surface area contributed by atoms with E-state index in [-0.39, 0.29) is 37.2 Å². The summed E-state index contributed by atoms with van der Waals surface area (Å²) in [6.07, 6.45) is 2.10. The molecule has 160 valence electrons. The fraction of sp³-hybridized carbons (Fsp3) is 0.750. The van der Waals surface area contributed by atoms with Crippen LogP contribution in [0, 0.1) is 17.3 Å². The molecule has 1 unspecified atom stereocenters. The Morgan fingerprint density at radius 3 is 2.25 bits per heavy atom. The van der Waals surface area contributed by atoms with Crippen molar-refractivity contribution >= 4 is 5.97 Å². The summed E-state index contributed by atoms with van der Waals surface area (Å²) in [6, 6.07) is 1.29. The van der Waals surface area contributed by atoms with Gasteiger partial charge in [-0.05, 0) is 25.2 Å². The maximum absolute atomic E-state index is 12.4. The monoisotopic (exact) mass is 398 g/mol. The standard InChI is InChI=1S/C20H34N2O6/c1-15(2)14-20(5,16(3)4)18(24)28-13-12-27-11-10-26-9-8-22-17(23)6-7-21-19(22)25/h6-7,15-16H,8-14H2,1-5H3,(H,21,25). The number of aromatic amines is 1. The highest BCUT2D eigenvalue weighted by atomic mass is 16.6. The molecule has 28 heavy (non-hydrogen) atoms. The Hall–Kier alpha value is -1.93. The number of nitrogens with one attached hydrogen (secondary N) is 1. The Balaban J connectivity index is 2.18. The van der Waals surface area contributed by atoms with Crippen molar-refractivity contribution in [1.29, 1.82) is 0 Å². The summed E-state index contributed by atoms with van der Waals surface area (Å²) in [4.78, 5) is 37.9. The zero-order valence-electron chi connectivity index (χ0n) is 17.7. The van der Waals surface area contributed by atoms with Gasteiger partial charge < -0.3 is 19.2 Å². The number of hydrogen-bond acceptors (Lipinski definition) is 6. The van der Waals surface area contributed by atoms with Crippen LogP contribution in [-0.2, 0) is 25.5 Å². The lowest BCUT2D eigenvalue weighted by Gasteiger charge is -2.32. The highest BCUT2D eigenvalue weighted by molar-refractivity contribution is 5.76. The average molecular weight is 399 g/mol. The number of carbonyl (C=O) groups excluding carboxylic acids is 1. The third-order valence-electron chi connectivity index (χ3n) is 4.81. The van der Waals surface area contributed by atoms with Crippen LogP contribution in [-0.4, -0.2) is 48.6 Å². The fourth-order valence-electron chi connectivity index (χ4n) is 2.90. The molecule has 1 atom stereocenters. The quantitative estimate of drug-likeness (QED) is 0.402. The minimum Gasteiger partial charge on any atom is -0.463 e. The van der Waals surface area contributed by atoms with Crippen LogP contribution in [0.2, 0.25) is 0 Å².